The number of hydrogen-bond acceptors (Lipinski definition) is 3. The highest BCUT2D eigenvalue weighted by Crippen LogP contribution is 2.34. The predicted molar refractivity (Wildman–Crippen MR) is 87.9 cm³/mol. The van der Waals surface area contributed by atoms with E-state index in [1.807, 2.05) is 49.6 Å². The number of aliphatic imine (C=N–C) groups is 1. The summed E-state index contributed by atoms with van der Waals surface area (Å²) in [7, 11) is 2.01. The molecular weight excluding hydrogens is 260 g/mol. The van der Waals surface area contributed by atoms with E-state index in [1.165, 1.54) is 5.57 Å². The highest BCUT2D eigenvalue weighted by atomic mass is 16.5. The second kappa shape index (κ2) is 5.83. The summed E-state index contributed by atoms with van der Waals surface area (Å²) in [5.74, 6) is 0.888. The van der Waals surface area contributed by atoms with Gasteiger partial charge in [0.1, 0.15) is 5.75 Å². The fourth-order valence-electron chi connectivity index (χ4n) is 2.27. The summed E-state index contributed by atoms with van der Waals surface area (Å²) in [4.78, 5) is 6.45. The predicted octanol–water partition coefficient (Wildman–Crippen LogP) is 4.08. The van der Waals surface area contributed by atoms with Crippen LogP contribution < -0.4 is 4.74 Å². The van der Waals surface area contributed by atoms with Gasteiger partial charge >= 0.3 is 0 Å². The number of ether oxygens (including phenoxy) is 1. The molecule has 0 spiro atoms. The van der Waals surface area contributed by atoms with E-state index >= 15 is 0 Å². The highest BCUT2D eigenvalue weighted by Gasteiger charge is 2.12. The minimum absolute atomic E-state index is 0.672. The van der Waals surface area contributed by atoms with Gasteiger partial charge in [-0.2, -0.15) is 0 Å². The maximum atomic E-state index is 5.56. The van der Waals surface area contributed by atoms with E-state index in [0.717, 1.165) is 22.6 Å². The van der Waals surface area contributed by atoms with Crippen LogP contribution in [-0.4, -0.2) is 24.8 Å². The molecule has 0 bridgehead atoms. The van der Waals surface area contributed by atoms with Crippen LogP contribution in [0.5, 0.6) is 5.75 Å². The summed E-state index contributed by atoms with van der Waals surface area (Å²) in [6.45, 7) is 2.66. The van der Waals surface area contributed by atoms with Gasteiger partial charge in [0, 0.05) is 36.8 Å². The van der Waals surface area contributed by atoms with Crippen molar-refractivity contribution in [2.75, 3.05) is 13.7 Å². The van der Waals surface area contributed by atoms with Crippen molar-refractivity contribution in [1.29, 1.82) is 0 Å². The van der Waals surface area contributed by atoms with Gasteiger partial charge in [0.05, 0.1) is 12.3 Å². The van der Waals surface area contributed by atoms with Gasteiger partial charge in [0.2, 0.25) is 0 Å². The van der Waals surface area contributed by atoms with Crippen LogP contribution in [0.4, 0.5) is 5.69 Å². The first-order chi connectivity index (χ1) is 10.3. The molecule has 0 amide bonds. The number of fused-ring (bicyclic) bond motifs is 1. The van der Waals surface area contributed by atoms with Gasteiger partial charge in [0.15, 0.2) is 0 Å². The molecule has 1 aromatic rings. The standard InChI is InChI=1S/C18H18N2O/c1-3-21-16-6-7-18-17(12-16)15(13-19-18)5-4-14-8-10-20(2)11-9-14/h4-13H,3H2,1-2H3/b15-5-. The van der Waals surface area contributed by atoms with Crippen molar-refractivity contribution in [3.8, 4) is 5.75 Å². The van der Waals surface area contributed by atoms with Crippen molar-refractivity contribution in [3.05, 3.63) is 66.0 Å². The van der Waals surface area contributed by atoms with Gasteiger partial charge in [-0.1, -0.05) is 12.2 Å². The molecule has 0 aliphatic carbocycles. The lowest BCUT2D eigenvalue weighted by Gasteiger charge is -2.11. The monoisotopic (exact) mass is 278 g/mol. The maximum Gasteiger partial charge on any atom is 0.120 e. The molecule has 0 saturated heterocycles. The average molecular weight is 278 g/mol. The van der Waals surface area contributed by atoms with Gasteiger partial charge < -0.3 is 9.64 Å². The van der Waals surface area contributed by atoms with E-state index in [1.54, 1.807) is 0 Å². The fraction of sp³-hybridized carbons (Fsp3) is 0.167. The molecule has 3 heteroatoms. The quantitative estimate of drug-likeness (QED) is 0.832. The Labute approximate surface area is 125 Å². The first-order valence-corrected chi connectivity index (χ1v) is 7.08. The van der Waals surface area contributed by atoms with Gasteiger partial charge in [-0.25, -0.2) is 0 Å². The zero-order chi connectivity index (χ0) is 14.7. The summed E-state index contributed by atoms with van der Waals surface area (Å²) in [5.41, 5.74) is 4.40. The molecule has 0 aromatic heterocycles. The lowest BCUT2D eigenvalue weighted by Crippen LogP contribution is -2.02. The molecule has 21 heavy (non-hydrogen) atoms. The molecule has 0 N–H and O–H groups in total. The molecule has 2 aliphatic rings. The van der Waals surface area contributed by atoms with E-state index in [4.69, 9.17) is 4.74 Å². The van der Waals surface area contributed by atoms with Crippen LogP contribution in [0.3, 0.4) is 0 Å². The van der Waals surface area contributed by atoms with Gasteiger partial charge in [0.25, 0.3) is 0 Å². The average Bonchev–Trinajstić information content (AvgIpc) is 2.90. The normalized spacial score (nSPS) is 17.5. The van der Waals surface area contributed by atoms with Crippen LogP contribution in [0.1, 0.15) is 12.5 Å². The molecule has 0 atom stereocenters. The van der Waals surface area contributed by atoms with E-state index in [2.05, 4.69) is 35.4 Å². The largest absolute Gasteiger partial charge is 0.494 e. The summed E-state index contributed by atoms with van der Waals surface area (Å²) in [6.07, 6.45) is 14.3. The van der Waals surface area contributed by atoms with E-state index < -0.39 is 0 Å². The van der Waals surface area contributed by atoms with E-state index in [-0.39, 0.29) is 0 Å². The first-order valence-electron chi connectivity index (χ1n) is 7.08. The zero-order valence-corrected chi connectivity index (χ0v) is 12.3. The molecular formula is C18H18N2O. The van der Waals surface area contributed by atoms with Gasteiger partial charge in [-0.15, -0.1) is 0 Å². The van der Waals surface area contributed by atoms with Crippen molar-refractivity contribution >= 4 is 17.5 Å². The lowest BCUT2D eigenvalue weighted by molar-refractivity contribution is 0.340. The molecule has 2 aliphatic heterocycles. The number of rotatable bonds is 3. The maximum absolute atomic E-state index is 5.56. The number of allylic oxidation sites excluding steroid dienone is 6. The molecule has 0 saturated carbocycles. The van der Waals surface area contributed by atoms with Crippen molar-refractivity contribution < 1.29 is 4.74 Å². The van der Waals surface area contributed by atoms with Crippen molar-refractivity contribution in [2.24, 2.45) is 4.99 Å². The number of hydrogen-bond donors (Lipinski definition) is 0. The van der Waals surface area contributed by atoms with Crippen LogP contribution in [-0.2, 0) is 0 Å². The van der Waals surface area contributed by atoms with Gasteiger partial charge in [-0.05, 0) is 42.8 Å². The Bertz CT molecular complexity index is 677. The first kappa shape index (κ1) is 13.4. The number of benzene rings is 1. The summed E-state index contributed by atoms with van der Waals surface area (Å²) < 4.78 is 5.56. The molecule has 0 radical (unpaired) electrons. The molecule has 106 valence electrons. The third-order valence-electron chi connectivity index (χ3n) is 3.39. The van der Waals surface area contributed by atoms with Crippen LogP contribution in [0, 0.1) is 0 Å². The third-order valence-corrected chi connectivity index (χ3v) is 3.39. The van der Waals surface area contributed by atoms with Crippen LogP contribution in [0.25, 0.3) is 5.57 Å². The Morgan fingerprint density at radius 3 is 2.76 bits per heavy atom. The van der Waals surface area contributed by atoms with E-state index in [9.17, 15) is 0 Å². The minimum atomic E-state index is 0.672. The van der Waals surface area contributed by atoms with E-state index in [0.29, 0.717) is 6.61 Å². The molecule has 2 heterocycles. The Hall–Kier alpha value is -2.55. The Morgan fingerprint density at radius 1 is 1.19 bits per heavy atom. The number of nitrogens with zero attached hydrogens (tertiary/aromatic N) is 2. The lowest BCUT2D eigenvalue weighted by atomic mass is 10.1. The molecule has 0 unspecified atom stereocenters. The van der Waals surface area contributed by atoms with Crippen molar-refractivity contribution in [1.82, 2.24) is 4.90 Å². The second-order valence-electron chi connectivity index (χ2n) is 4.96. The molecule has 3 rings (SSSR count). The molecule has 1 aromatic carbocycles. The highest BCUT2D eigenvalue weighted by molar-refractivity contribution is 6.16. The fourth-order valence-corrected chi connectivity index (χ4v) is 2.27. The zero-order valence-electron chi connectivity index (χ0n) is 12.3. The van der Waals surface area contributed by atoms with Crippen LogP contribution >= 0.6 is 0 Å². The molecule has 0 fully saturated rings. The molecule has 3 nitrogen and oxygen atoms in total. The summed E-state index contributed by atoms with van der Waals surface area (Å²) >= 11 is 0. The van der Waals surface area contributed by atoms with Crippen molar-refractivity contribution in [3.63, 3.8) is 0 Å². The Kier molecular flexibility index (Phi) is 3.73. The second-order valence-corrected chi connectivity index (χ2v) is 4.96. The Morgan fingerprint density at radius 2 is 2.00 bits per heavy atom. The van der Waals surface area contributed by atoms with Crippen molar-refractivity contribution in [2.45, 2.75) is 6.92 Å². The SMILES string of the molecule is CCOc1ccc2c(c1)/C(=C\C=C1C=CN(C)C=C1)C=N2. The van der Waals surface area contributed by atoms with Gasteiger partial charge in [-0.3, -0.25) is 4.99 Å². The smallest absolute Gasteiger partial charge is 0.120 e. The summed E-state index contributed by atoms with van der Waals surface area (Å²) in [6, 6.07) is 6.01. The summed E-state index contributed by atoms with van der Waals surface area (Å²) in [5, 5.41) is 0. The topological polar surface area (TPSA) is 24.8 Å². The third kappa shape index (κ3) is 2.97. The minimum Gasteiger partial charge on any atom is -0.494 e. The van der Waals surface area contributed by atoms with Crippen LogP contribution in [0.15, 0.2) is 65.5 Å². The Balaban J connectivity index is 1.86. The van der Waals surface area contributed by atoms with Crippen LogP contribution in [0.2, 0.25) is 0 Å².